The number of benzene rings is 4. The molecular formula is C32H30S2. The molecule has 0 fully saturated rings. The molecule has 4 aromatic carbocycles. The number of thiophene rings is 2. The van der Waals surface area contributed by atoms with Gasteiger partial charge in [-0.1, -0.05) is 93.6 Å². The Morgan fingerprint density at radius 3 is 2.18 bits per heavy atom. The molecule has 6 aromatic rings. The van der Waals surface area contributed by atoms with Crippen LogP contribution in [0.1, 0.15) is 51.0 Å². The molecule has 0 amide bonds. The van der Waals surface area contributed by atoms with E-state index < -0.39 is 0 Å². The van der Waals surface area contributed by atoms with Crippen LogP contribution < -0.4 is 0 Å². The first-order valence-electron chi connectivity index (χ1n) is 12.7. The molecule has 0 nitrogen and oxygen atoms in total. The quantitative estimate of drug-likeness (QED) is 0.191. The number of hydrogen-bond acceptors (Lipinski definition) is 2. The van der Waals surface area contributed by atoms with Crippen molar-refractivity contribution in [1.29, 1.82) is 0 Å². The lowest BCUT2D eigenvalue weighted by Crippen LogP contribution is -1.87. The molecule has 0 unspecified atom stereocenters. The molecule has 0 aliphatic carbocycles. The molecule has 34 heavy (non-hydrogen) atoms. The molecule has 0 N–H and O–H groups in total. The van der Waals surface area contributed by atoms with Crippen LogP contribution in [0.4, 0.5) is 0 Å². The zero-order valence-corrected chi connectivity index (χ0v) is 21.4. The summed E-state index contributed by atoms with van der Waals surface area (Å²) in [5, 5.41) is 5.57. The molecular weight excluding hydrogens is 448 g/mol. The van der Waals surface area contributed by atoms with Gasteiger partial charge in [0.2, 0.25) is 0 Å². The van der Waals surface area contributed by atoms with Crippen LogP contribution in [0.25, 0.3) is 51.5 Å². The lowest BCUT2D eigenvalue weighted by atomic mass is 10.0. The van der Waals surface area contributed by atoms with Crippen molar-refractivity contribution in [1.82, 2.24) is 0 Å². The maximum Gasteiger partial charge on any atom is 0.0542 e. The van der Waals surface area contributed by atoms with E-state index in [-0.39, 0.29) is 0 Å². The van der Waals surface area contributed by atoms with Crippen LogP contribution in [0.15, 0.2) is 78.9 Å². The summed E-state index contributed by atoms with van der Waals surface area (Å²) in [6.45, 7) is 2.29. The minimum atomic E-state index is 1.20. The maximum absolute atomic E-state index is 2.45. The number of aryl methyl sites for hydroxylation is 1. The van der Waals surface area contributed by atoms with E-state index >= 15 is 0 Å². The predicted molar refractivity (Wildman–Crippen MR) is 155 cm³/mol. The van der Waals surface area contributed by atoms with Crippen LogP contribution in [0, 0.1) is 0 Å². The van der Waals surface area contributed by atoms with Gasteiger partial charge in [-0.05, 0) is 64.6 Å². The first-order chi connectivity index (χ1) is 16.8. The lowest BCUT2D eigenvalue weighted by molar-refractivity contribution is 0.607. The van der Waals surface area contributed by atoms with Crippen molar-refractivity contribution in [3.8, 4) is 11.1 Å². The molecule has 0 aliphatic rings. The van der Waals surface area contributed by atoms with Gasteiger partial charge in [0.1, 0.15) is 0 Å². The second kappa shape index (κ2) is 9.52. The molecule has 0 saturated heterocycles. The van der Waals surface area contributed by atoms with Crippen LogP contribution in [0.3, 0.4) is 0 Å². The van der Waals surface area contributed by atoms with Crippen LogP contribution in [0.2, 0.25) is 0 Å². The number of rotatable bonds is 8. The van der Waals surface area contributed by atoms with E-state index in [2.05, 4.69) is 85.8 Å². The normalized spacial score (nSPS) is 11.9. The third kappa shape index (κ3) is 4.15. The Kier molecular flexibility index (Phi) is 6.11. The number of unbranched alkanes of at least 4 members (excludes halogenated alkanes) is 5. The highest BCUT2D eigenvalue weighted by Crippen LogP contribution is 2.46. The third-order valence-corrected chi connectivity index (χ3v) is 9.55. The predicted octanol–water partition coefficient (Wildman–Crippen LogP) is 11.0. The minimum Gasteiger partial charge on any atom is -0.134 e. The van der Waals surface area contributed by atoms with Crippen molar-refractivity contribution in [3.63, 3.8) is 0 Å². The van der Waals surface area contributed by atoms with Gasteiger partial charge >= 0.3 is 0 Å². The Labute approximate surface area is 209 Å². The summed E-state index contributed by atoms with van der Waals surface area (Å²) >= 11 is 3.90. The highest BCUT2D eigenvalue weighted by atomic mass is 32.1. The van der Waals surface area contributed by atoms with E-state index in [1.165, 1.54) is 102 Å². The van der Waals surface area contributed by atoms with Gasteiger partial charge in [0.15, 0.2) is 0 Å². The molecule has 0 spiro atoms. The molecule has 170 valence electrons. The van der Waals surface area contributed by atoms with Crippen LogP contribution >= 0.6 is 22.7 Å². The maximum atomic E-state index is 2.45. The van der Waals surface area contributed by atoms with E-state index in [1.807, 2.05) is 22.7 Å². The van der Waals surface area contributed by atoms with Gasteiger partial charge in [0, 0.05) is 20.2 Å². The lowest BCUT2D eigenvalue weighted by Gasteiger charge is -2.05. The Morgan fingerprint density at radius 2 is 1.32 bits per heavy atom. The fourth-order valence-corrected chi connectivity index (χ4v) is 7.77. The Morgan fingerprint density at radius 1 is 0.559 bits per heavy atom. The number of hydrogen-bond donors (Lipinski definition) is 0. The van der Waals surface area contributed by atoms with Gasteiger partial charge in [-0.2, -0.15) is 0 Å². The first-order valence-corrected chi connectivity index (χ1v) is 14.3. The van der Waals surface area contributed by atoms with Gasteiger partial charge in [0.25, 0.3) is 0 Å². The molecule has 2 heterocycles. The summed E-state index contributed by atoms with van der Waals surface area (Å²) < 4.78 is 5.68. The third-order valence-electron chi connectivity index (χ3n) is 7.03. The SMILES string of the molecule is CCCCCCCCc1ccc2cc3sc4c5cc(-c6ccccc6)ccc5sc4c3cc2c1. The smallest absolute Gasteiger partial charge is 0.0542 e. The van der Waals surface area contributed by atoms with Crippen molar-refractivity contribution in [2.75, 3.05) is 0 Å². The van der Waals surface area contributed by atoms with Crippen LogP contribution in [-0.4, -0.2) is 0 Å². The van der Waals surface area contributed by atoms with Crippen molar-refractivity contribution >= 4 is 63.0 Å². The molecule has 6 rings (SSSR count). The second-order valence-electron chi connectivity index (χ2n) is 9.49. The molecule has 2 aromatic heterocycles. The van der Waals surface area contributed by atoms with E-state index in [9.17, 15) is 0 Å². The van der Waals surface area contributed by atoms with E-state index in [0.29, 0.717) is 0 Å². The van der Waals surface area contributed by atoms with Crippen molar-refractivity contribution in [2.24, 2.45) is 0 Å². The fourth-order valence-electron chi connectivity index (χ4n) is 5.13. The molecule has 0 aliphatic heterocycles. The summed E-state index contributed by atoms with van der Waals surface area (Å²) in [6.07, 6.45) is 9.34. The van der Waals surface area contributed by atoms with E-state index in [1.54, 1.807) is 0 Å². The summed E-state index contributed by atoms with van der Waals surface area (Å²) in [7, 11) is 0. The van der Waals surface area contributed by atoms with Gasteiger partial charge in [0.05, 0.1) is 9.40 Å². The topological polar surface area (TPSA) is 0 Å². The van der Waals surface area contributed by atoms with Crippen LogP contribution in [0.5, 0.6) is 0 Å². The summed E-state index contributed by atoms with van der Waals surface area (Å²) in [5.41, 5.74) is 4.07. The summed E-state index contributed by atoms with van der Waals surface area (Å²) in [4.78, 5) is 0. The monoisotopic (exact) mass is 478 g/mol. The molecule has 0 atom stereocenters. The number of fused-ring (bicyclic) bond motifs is 6. The standard InChI is InChI=1S/C32H30S2/c1-2-3-4-5-6-8-11-22-14-15-25-21-30-28(20-26(25)18-22)32-31(34-30)27-19-24(16-17-29(27)33-32)23-12-9-7-10-13-23/h7,9-10,12-21H,2-6,8,11H2,1H3. The summed E-state index contributed by atoms with van der Waals surface area (Å²) in [5.74, 6) is 0. The van der Waals surface area contributed by atoms with Gasteiger partial charge in [-0.3, -0.25) is 0 Å². The average Bonchev–Trinajstić information content (AvgIpc) is 3.40. The second-order valence-corrected chi connectivity index (χ2v) is 11.6. The molecule has 0 bridgehead atoms. The van der Waals surface area contributed by atoms with Crippen molar-refractivity contribution in [2.45, 2.75) is 51.9 Å². The highest BCUT2D eigenvalue weighted by Gasteiger charge is 2.14. The Hall–Kier alpha value is -2.68. The first kappa shape index (κ1) is 21.8. The zero-order chi connectivity index (χ0) is 22.9. The molecule has 0 radical (unpaired) electrons. The van der Waals surface area contributed by atoms with Gasteiger partial charge in [-0.25, -0.2) is 0 Å². The Balaban J connectivity index is 1.35. The van der Waals surface area contributed by atoms with E-state index in [4.69, 9.17) is 0 Å². The van der Waals surface area contributed by atoms with Gasteiger partial charge < -0.3 is 0 Å². The van der Waals surface area contributed by atoms with E-state index in [0.717, 1.165) is 0 Å². The Bertz CT molecular complexity index is 1580. The highest BCUT2D eigenvalue weighted by molar-refractivity contribution is 7.36. The largest absolute Gasteiger partial charge is 0.134 e. The van der Waals surface area contributed by atoms with Gasteiger partial charge in [-0.15, -0.1) is 22.7 Å². The summed E-state index contributed by atoms with van der Waals surface area (Å²) in [6, 6.07) is 29.6. The molecule has 0 saturated carbocycles. The zero-order valence-electron chi connectivity index (χ0n) is 19.8. The molecule has 2 heteroatoms. The average molecular weight is 479 g/mol. The van der Waals surface area contributed by atoms with Crippen LogP contribution in [-0.2, 0) is 6.42 Å². The van der Waals surface area contributed by atoms with Crippen molar-refractivity contribution in [3.05, 3.63) is 84.4 Å². The fraction of sp³-hybridized carbons (Fsp3) is 0.250. The van der Waals surface area contributed by atoms with Crippen molar-refractivity contribution < 1.29 is 0 Å². The minimum absolute atomic E-state index is 1.20.